The fraction of sp³-hybridized carbons (Fsp3) is 0.500. The molecule has 30 heavy (non-hydrogen) atoms. The molecule has 0 amide bonds. The lowest BCUT2D eigenvalue weighted by molar-refractivity contribution is 0.288. The van der Waals surface area contributed by atoms with Crippen molar-refractivity contribution in [2.24, 2.45) is 10.9 Å². The fourth-order valence-corrected chi connectivity index (χ4v) is 3.72. The van der Waals surface area contributed by atoms with Crippen LogP contribution in [-0.2, 0) is 6.54 Å². The predicted molar refractivity (Wildman–Crippen MR) is 122 cm³/mol. The van der Waals surface area contributed by atoms with Gasteiger partial charge in [0.25, 0.3) is 0 Å². The van der Waals surface area contributed by atoms with E-state index in [-0.39, 0.29) is 0 Å². The molecule has 4 rings (SSSR count). The number of guanidine groups is 1. The van der Waals surface area contributed by atoms with Crippen molar-refractivity contribution in [2.45, 2.75) is 45.2 Å². The average Bonchev–Trinajstić information content (AvgIpc) is 3.62. The first-order chi connectivity index (χ1) is 14.8. The fourth-order valence-electron chi connectivity index (χ4n) is 3.72. The number of benzene rings is 1. The van der Waals surface area contributed by atoms with Gasteiger partial charge in [-0.25, -0.2) is 9.98 Å². The summed E-state index contributed by atoms with van der Waals surface area (Å²) in [7, 11) is 0. The van der Waals surface area contributed by atoms with Crippen LogP contribution in [0.2, 0.25) is 0 Å². The van der Waals surface area contributed by atoms with Crippen LogP contribution in [0.15, 0.2) is 53.7 Å². The van der Waals surface area contributed by atoms with Crippen molar-refractivity contribution in [3.63, 3.8) is 0 Å². The van der Waals surface area contributed by atoms with E-state index in [1.54, 1.807) is 0 Å². The van der Waals surface area contributed by atoms with Crippen LogP contribution in [0.25, 0.3) is 0 Å². The Kier molecular flexibility index (Phi) is 7.06. The van der Waals surface area contributed by atoms with E-state index in [2.05, 4.69) is 57.8 Å². The van der Waals surface area contributed by atoms with Crippen molar-refractivity contribution >= 4 is 11.6 Å². The monoisotopic (exact) mass is 407 g/mol. The zero-order valence-electron chi connectivity index (χ0n) is 17.9. The highest BCUT2D eigenvalue weighted by atomic mass is 16.5. The zero-order valence-corrected chi connectivity index (χ0v) is 17.9. The van der Waals surface area contributed by atoms with Crippen molar-refractivity contribution in [1.29, 1.82) is 0 Å². The van der Waals surface area contributed by atoms with Gasteiger partial charge < -0.3 is 20.3 Å². The van der Waals surface area contributed by atoms with Gasteiger partial charge >= 0.3 is 0 Å². The van der Waals surface area contributed by atoms with E-state index >= 15 is 0 Å². The zero-order chi connectivity index (χ0) is 20.6. The van der Waals surface area contributed by atoms with Crippen molar-refractivity contribution in [3.05, 3.63) is 54.2 Å². The van der Waals surface area contributed by atoms with Crippen LogP contribution in [0.1, 0.15) is 38.2 Å². The molecule has 6 heteroatoms. The van der Waals surface area contributed by atoms with E-state index in [0.29, 0.717) is 18.5 Å². The van der Waals surface area contributed by atoms with Gasteiger partial charge in [-0.2, -0.15) is 0 Å². The van der Waals surface area contributed by atoms with E-state index in [4.69, 9.17) is 9.73 Å². The lowest BCUT2D eigenvalue weighted by Crippen LogP contribution is -2.48. The van der Waals surface area contributed by atoms with Crippen LogP contribution in [-0.4, -0.2) is 43.2 Å². The van der Waals surface area contributed by atoms with E-state index in [9.17, 15) is 0 Å². The van der Waals surface area contributed by atoms with Gasteiger partial charge in [0.1, 0.15) is 0 Å². The minimum absolute atomic E-state index is 0.442. The Bertz CT molecular complexity index is 813. The van der Waals surface area contributed by atoms with E-state index in [1.807, 2.05) is 18.3 Å². The van der Waals surface area contributed by atoms with Gasteiger partial charge in [-0.3, -0.25) is 0 Å². The molecule has 2 fully saturated rings. The second kappa shape index (κ2) is 10.3. The summed E-state index contributed by atoms with van der Waals surface area (Å²) >= 11 is 0. The number of hydrogen-bond donors (Lipinski definition) is 2. The third-order valence-corrected chi connectivity index (χ3v) is 5.68. The third kappa shape index (κ3) is 6.12. The molecule has 1 saturated carbocycles. The number of nitrogens with one attached hydrogen (secondary N) is 2. The summed E-state index contributed by atoms with van der Waals surface area (Å²) in [5.41, 5.74) is 2.43. The molecular formula is C24H33N5O. The SMILES string of the molecule is CCNC(=NCc1ccnc(OCC2CC2)c1)NC1CCN(c2ccccc2)CC1. The molecule has 1 aromatic heterocycles. The van der Waals surface area contributed by atoms with Crippen LogP contribution in [0.4, 0.5) is 5.69 Å². The van der Waals surface area contributed by atoms with Gasteiger partial charge in [-0.1, -0.05) is 18.2 Å². The van der Waals surface area contributed by atoms with Crippen molar-refractivity contribution < 1.29 is 4.74 Å². The predicted octanol–water partition coefficient (Wildman–Crippen LogP) is 3.59. The molecule has 0 atom stereocenters. The normalized spacial score (nSPS) is 17.6. The number of para-hydroxylation sites is 1. The number of aromatic nitrogens is 1. The second-order valence-corrected chi connectivity index (χ2v) is 8.19. The van der Waals surface area contributed by atoms with Crippen LogP contribution in [0.5, 0.6) is 5.88 Å². The molecule has 6 nitrogen and oxygen atoms in total. The van der Waals surface area contributed by atoms with E-state index in [1.165, 1.54) is 18.5 Å². The number of anilines is 1. The number of hydrogen-bond acceptors (Lipinski definition) is 4. The number of piperidine rings is 1. The molecule has 0 unspecified atom stereocenters. The summed E-state index contributed by atoms with van der Waals surface area (Å²) in [5, 5.41) is 7.01. The molecule has 1 aliphatic heterocycles. The van der Waals surface area contributed by atoms with Crippen molar-refractivity contribution in [3.8, 4) is 5.88 Å². The van der Waals surface area contributed by atoms with Crippen molar-refractivity contribution in [1.82, 2.24) is 15.6 Å². The standard InChI is InChI=1S/C24H33N5O/c1-2-25-24(27-17-20-10-13-26-23(16-20)30-18-19-8-9-19)28-21-11-14-29(15-12-21)22-6-4-3-5-7-22/h3-7,10,13,16,19,21H,2,8-9,11-12,14-15,17-18H2,1H3,(H2,25,27,28). The number of nitrogens with zero attached hydrogens (tertiary/aromatic N) is 3. The minimum Gasteiger partial charge on any atom is -0.477 e. The van der Waals surface area contributed by atoms with Gasteiger partial charge in [0, 0.05) is 43.6 Å². The summed E-state index contributed by atoms with van der Waals surface area (Å²) in [6.45, 7) is 6.47. The van der Waals surface area contributed by atoms with Crippen LogP contribution < -0.4 is 20.3 Å². The maximum atomic E-state index is 5.80. The molecule has 0 bridgehead atoms. The first-order valence-corrected chi connectivity index (χ1v) is 11.2. The first-order valence-electron chi connectivity index (χ1n) is 11.2. The topological polar surface area (TPSA) is 61.8 Å². The minimum atomic E-state index is 0.442. The highest BCUT2D eigenvalue weighted by molar-refractivity contribution is 5.80. The number of pyridine rings is 1. The molecule has 1 saturated heterocycles. The number of rotatable bonds is 8. The highest BCUT2D eigenvalue weighted by Crippen LogP contribution is 2.29. The van der Waals surface area contributed by atoms with Gasteiger partial charge in [-0.05, 0) is 62.3 Å². The highest BCUT2D eigenvalue weighted by Gasteiger charge is 2.22. The smallest absolute Gasteiger partial charge is 0.213 e. The molecule has 2 aromatic rings. The van der Waals surface area contributed by atoms with Gasteiger partial charge in [0.05, 0.1) is 13.2 Å². The Morgan fingerprint density at radius 2 is 1.93 bits per heavy atom. The maximum Gasteiger partial charge on any atom is 0.213 e. The van der Waals surface area contributed by atoms with Crippen molar-refractivity contribution in [2.75, 3.05) is 31.1 Å². The molecule has 160 valence electrons. The van der Waals surface area contributed by atoms with E-state index in [0.717, 1.165) is 56.5 Å². The molecule has 2 heterocycles. The largest absolute Gasteiger partial charge is 0.477 e. The average molecular weight is 408 g/mol. The summed E-state index contributed by atoms with van der Waals surface area (Å²) in [5.74, 6) is 2.32. The number of aliphatic imine (C=N–C) groups is 1. The first kappa shape index (κ1) is 20.5. The van der Waals surface area contributed by atoms with Gasteiger partial charge in [0.2, 0.25) is 5.88 Å². The summed E-state index contributed by atoms with van der Waals surface area (Å²) in [6.07, 6.45) is 6.59. The molecule has 1 aliphatic carbocycles. The van der Waals surface area contributed by atoms with E-state index < -0.39 is 0 Å². The summed E-state index contributed by atoms with van der Waals surface area (Å²) < 4.78 is 5.80. The Morgan fingerprint density at radius 1 is 1.13 bits per heavy atom. The second-order valence-electron chi connectivity index (χ2n) is 8.19. The molecule has 0 radical (unpaired) electrons. The lowest BCUT2D eigenvalue weighted by Gasteiger charge is -2.34. The van der Waals surface area contributed by atoms with Crippen LogP contribution in [0.3, 0.4) is 0 Å². The van der Waals surface area contributed by atoms with Crippen LogP contribution in [0, 0.1) is 5.92 Å². The Morgan fingerprint density at radius 3 is 2.67 bits per heavy atom. The number of ether oxygens (including phenoxy) is 1. The Labute approximate surface area is 179 Å². The Balaban J connectivity index is 1.29. The van der Waals surface area contributed by atoms with Crippen LogP contribution >= 0.6 is 0 Å². The maximum absolute atomic E-state index is 5.80. The lowest BCUT2D eigenvalue weighted by atomic mass is 10.0. The molecular weight excluding hydrogens is 374 g/mol. The Hall–Kier alpha value is -2.76. The van der Waals surface area contributed by atoms with Gasteiger partial charge in [0.15, 0.2) is 5.96 Å². The molecule has 2 N–H and O–H groups in total. The summed E-state index contributed by atoms with van der Waals surface area (Å²) in [6, 6.07) is 15.1. The molecule has 0 spiro atoms. The quantitative estimate of drug-likeness (QED) is 0.517. The molecule has 2 aliphatic rings. The third-order valence-electron chi connectivity index (χ3n) is 5.68. The summed E-state index contributed by atoms with van der Waals surface area (Å²) in [4.78, 5) is 11.6. The molecule has 1 aromatic carbocycles. The van der Waals surface area contributed by atoms with Gasteiger partial charge in [-0.15, -0.1) is 0 Å².